The van der Waals surface area contributed by atoms with E-state index in [1.165, 1.54) is 12.8 Å². The molecule has 1 N–H and O–H groups in total. The van der Waals surface area contributed by atoms with Gasteiger partial charge in [0, 0.05) is 26.2 Å². The van der Waals surface area contributed by atoms with Gasteiger partial charge in [0.25, 0.3) is 0 Å². The van der Waals surface area contributed by atoms with Gasteiger partial charge >= 0.3 is 0 Å². The molecule has 1 amide bonds. The molecule has 1 aliphatic heterocycles. The van der Waals surface area contributed by atoms with Crippen LogP contribution in [-0.4, -0.2) is 59.1 Å². The van der Waals surface area contributed by atoms with Crippen molar-refractivity contribution in [2.45, 2.75) is 37.3 Å². The van der Waals surface area contributed by atoms with Crippen molar-refractivity contribution >= 4 is 5.91 Å². The predicted molar refractivity (Wildman–Crippen MR) is 59.9 cm³/mol. The van der Waals surface area contributed by atoms with Gasteiger partial charge in [0.2, 0.25) is 5.91 Å². The molecule has 1 saturated heterocycles. The van der Waals surface area contributed by atoms with Gasteiger partial charge in [0.05, 0.1) is 12.1 Å². The molecular weight excluding hydrogens is 204 g/mol. The Morgan fingerprint density at radius 3 is 2.50 bits per heavy atom. The number of aliphatic hydroxyl groups is 1. The Morgan fingerprint density at radius 2 is 2.00 bits per heavy atom. The monoisotopic (exact) mass is 224 g/mol. The van der Waals surface area contributed by atoms with Gasteiger partial charge in [0.1, 0.15) is 0 Å². The first-order valence-electron chi connectivity index (χ1n) is 6.29. The number of likely N-dealkylation sites (N-methyl/N-ethyl adjacent to an activating group) is 1. The van der Waals surface area contributed by atoms with E-state index in [9.17, 15) is 9.90 Å². The maximum absolute atomic E-state index is 11.8. The number of carbonyl (C=O) groups excluding carboxylic acids is 1. The van der Waals surface area contributed by atoms with Crippen LogP contribution in [0.3, 0.4) is 0 Å². The lowest BCUT2D eigenvalue weighted by molar-refractivity contribution is -0.144. The molecule has 3 fully saturated rings. The minimum absolute atomic E-state index is 0.209. The van der Waals surface area contributed by atoms with Gasteiger partial charge in [-0.05, 0) is 31.6 Å². The second-order valence-electron chi connectivity index (χ2n) is 5.76. The van der Waals surface area contributed by atoms with Gasteiger partial charge in [-0.25, -0.2) is 0 Å². The lowest BCUT2D eigenvalue weighted by Crippen LogP contribution is -2.64. The molecule has 90 valence electrons. The normalized spacial score (nSPS) is 28.6. The Balaban J connectivity index is 1.44. The number of nitrogens with zero attached hydrogens (tertiary/aromatic N) is 2. The number of β-amino-alcohol motifs (C(OH)–C–C–N with tert-alkyl or cyclic N) is 1. The van der Waals surface area contributed by atoms with Gasteiger partial charge < -0.3 is 10.0 Å². The highest BCUT2D eigenvalue weighted by Gasteiger charge is 2.52. The number of hydrogen-bond donors (Lipinski definition) is 1. The van der Waals surface area contributed by atoms with Gasteiger partial charge in [0.15, 0.2) is 0 Å². The molecule has 0 unspecified atom stereocenters. The van der Waals surface area contributed by atoms with E-state index in [2.05, 4.69) is 4.90 Å². The average molecular weight is 224 g/mol. The molecular formula is C12H20N2O2. The van der Waals surface area contributed by atoms with Crippen molar-refractivity contribution in [2.24, 2.45) is 5.92 Å². The summed E-state index contributed by atoms with van der Waals surface area (Å²) in [6.07, 6.45) is 4.66. The summed E-state index contributed by atoms with van der Waals surface area (Å²) >= 11 is 0. The van der Waals surface area contributed by atoms with Crippen LogP contribution in [0.2, 0.25) is 0 Å². The van der Waals surface area contributed by atoms with E-state index in [4.69, 9.17) is 0 Å². The zero-order valence-electron chi connectivity index (χ0n) is 9.85. The topological polar surface area (TPSA) is 43.8 Å². The lowest BCUT2D eigenvalue weighted by Gasteiger charge is -2.47. The number of likely N-dealkylation sites (tertiary alicyclic amines) is 1. The molecule has 3 rings (SSSR count). The highest BCUT2D eigenvalue weighted by atomic mass is 16.3. The van der Waals surface area contributed by atoms with Gasteiger partial charge in [-0.15, -0.1) is 0 Å². The minimum atomic E-state index is -0.460. The molecule has 0 aromatic carbocycles. The standard InChI is InChI=1S/C12H20N2O2/c1-13(10-4-5-10)11(15)6-14-7-12(16,8-14)9-2-3-9/h9-10,16H,2-8H2,1H3. The van der Waals surface area contributed by atoms with Crippen molar-refractivity contribution in [1.29, 1.82) is 0 Å². The summed E-state index contributed by atoms with van der Waals surface area (Å²) < 4.78 is 0. The third-order valence-corrected chi connectivity index (χ3v) is 4.18. The molecule has 0 bridgehead atoms. The largest absolute Gasteiger partial charge is 0.387 e. The van der Waals surface area contributed by atoms with Crippen LogP contribution in [0.15, 0.2) is 0 Å². The number of amides is 1. The molecule has 4 nitrogen and oxygen atoms in total. The summed E-state index contributed by atoms with van der Waals surface area (Å²) in [5, 5.41) is 10.1. The molecule has 16 heavy (non-hydrogen) atoms. The van der Waals surface area contributed by atoms with Crippen LogP contribution >= 0.6 is 0 Å². The molecule has 1 heterocycles. The van der Waals surface area contributed by atoms with Crippen LogP contribution in [0.1, 0.15) is 25.7 Å². The van der Waals surface area contributed by atoms with Crippen LogP contribution in [0, 0.1) is 5.92 Å². The lowest BCUT2D eigenvalue weighted by atomic mass is 9.89. The molecule has 2 aliphatic carbocycles. The number of hydrogen-bond acceptors (Lipinski definition) is 3. The van der Waals surface area contributed by atoms with Gasteiger partial charge in [-0.2, -0.15) is 0 Å². The van der Waals surface area contributed by atoms with Gasteiger partial charge in [-0.3, -0.25) is 9.69 Å². The van der Waals surface area contributed by atoms with Crippen LogP contribution < -0.4 is 0 Å². The van der Waals surface area contributed by atoms with E-state index < -0.39 is 5.60 Å². The Labute approximate surface area is 96.2 Å². The van der Waals surface area contributed by atoms with E-state index >= 15 is 0 Å². The molecule has 0 aromatic heterocycles. The predicted octanol–water partition coefficient (Wildman–Crippen LogP) is 0.0639. The van der Waals surface area contributed by atoms with Crippen LogP contribution in [0.4, 0.5) is 0 Å². The Kier molecular flexibility index (Phi) is 2.27. The maximum Gasteiger partial charge on any atom is 0.236 e. The first kappa shape index (κ1) is 10.5. The maximum atomic E-state index is 11.8. The Morgan fingerprint density at radius 1 is 1.38 bits per heavy atom. The first-order chi connectivity index (χ1) is 7.58. The quantitative estimate of drug-likeness (QED) is 0.734. The molecule has 0 radical (unpaired) electrons. The van der Waals surface area contributed by atoms with Crippen molar-refractivity contribution in [1.82, 2.24) is 9.80 Å². The van der Waals surface area contributed by atoms with Crippen molar-refractivity contribution < 1.29 is 9.90 Å². The second kappa shape index (κ2) is 3.44. The van der Waals surface area contributed by atoms with Crippen LogP contribution in [-0.2, 0) is 4.79 Å². The highest BCUT2D eigenvalue weighted by Crippen LogP contribution is 2.44. The fourth-order valence-corrected chi connectivity index (χ4v) is 2.69. The third kappa shape index (κ3) is 1.84. The summed E-state index contributed by atoms with van der Waals surface area (Å²) in [6.45, 7) is 1.88. The van der Waals surface area contributed by atoms with E-state index in [1.807, 2.05) is 11.9 Å². The molecule has 0 aromatic rings. The second-order valence-corrected chi connectivity index (χ2v) is 5.76. The van der Waals surface area contributed by atoms with Crippen molar-refractivity contribution in [2.75, 3.05) is 26.7 Å². The average Bonchev–Trinajstić information content (AvgIpc) is 3.02. The first-order valence-corrected chi connectivity index (χ1v) is 6.29. The molecule has 0 spiro atoms. The van der Waals surface area contributed by atoms with Crippen LogP contribution in [0.5, 0.6) is 0 Å². The SMILES string of the molecule is CN(C(=O)CN1CC(O)(C2CC2)C1)C1CC1. The molecule has 3 aliphatic rings. The zero-order chi connectivity index (χ0) is 11.3. The fourth-order valence-electron chi connectivity index (χ4n) is 2.69. The molecule has 4 heteroatoms. The van der Waals surface area contributed by atoms with Crippen molar-refractivity contribution in [3.63, 3.8) is 0 Å². The fraction of sp³-hybridized carbons (Fsp3) is 0.917. The number of rotatable bonds is 4. The summed E-state index contributed by atoms with van der Waals surface area (Å²) in [5.41, 5.74) is -0.460. The minimum Gasteiger partial charge on any atom is -0.387 e. The highest BCUT2D eigenvalue weighted by molar-refractivity contribution is 5.78. The van der Waals surface area contributed by atoms with Gasteiger partial charge in [-0.1, -0.05) is 0 Å². The Bertz CT molecular complexity index is 304. The number of carbonyl (C=O) groups is 1. The van der Waals surface area contributed by atoms with E-state index in [0.29, 0.717) is 31.6 Å². The summed E-state index contributed by atoms with van der Waals surface area (Å²) in [6, 6.07) is 0.496. The van der Waals surface area contributed by atoms with Crippen LogP contribution in [0.25, 0.3) is 0 Å². The van der Waals surface area contributed by atoms with Crippen molar-refractivity contribution in [3.8, 4) is 0 Å². The van der Waals surface area contributed by atoms with E-state index in [1.54, 1.807) is 0 Å². The third-order valence-electron chi connectivity index (χ3n) is 4.18. The zero-order valence-corrected chi connectivity index (χ0v) is 9.85. The summed E-state index contributed by atoms with van der Waals surface area (Å²) in [4.78, 5) is 15.8. The Hall–Kier alpha value is -0.610. The molecule has 0 atom stereocenters. The van der Waals surface area contributed by atoms with Crippen molar-refractivity contribution in [3.05, 3.63) is 0 Å². The summed E-state index contributed by atoms with van der Waals surface area (Å²) in [5.74, 6) is 0.723. The summed E-state index contributed by atoms with van der Waals surface area (Å²) in [7, 11) is 1.90. The van der Waals surface area contributed by atoms with E-state index in [-0.39, 0.29) is 5.91 Å². The molecule has 2 saturated carbocycles. The van der Waals surface area contributed by atoms with E-state index in [0.717, 1.165) is 12.8 Å². The smallest absolute Gasteiger partial charge is 0.236 e.